The minimum Gasteiger partial charge on any atom is -0.342 e. The SMILES string of the molecule is CC(=O)N1CCCC(c2cnc(-c3cc(C)[nH]n3)cn2)C1. The van der Waals surface area contributed by atoms with Gasteiger partial charge in [-0.2, -0.15) is 5.10 Å². The number of aromatic amines is 1. The van der Waals surface area contributed by atoms with Crippen LogP contribution in [0.1, 0.15) is 37.1 Å². The molecule has 1 aliphatic rings. The van der Waals surface area contributed by atoms with Crippen molar-refractivity contribution in [3.63, 3.8) is 0 Å². The van der Waals surface area contributed by atoms with Gasteiger partial charge in [0.15, 0.2) is 0 Å². The highest BCUT2D eigenvalue weighted by molar-refractivity contribution is 5.73. The molecule has 3 rings (SSSR count). The van der Waals surface area contributed by atoms with Crippen molar-refractivity contribution in [1.29, 1.82) is 0 Å². The lowest BCUT2D eigenvalue weighted by atomic mass is 9.95. The third-order valence-electron chi connectivity index (χ3n) is 3.93. The molecule has 6 nitrogen and oxygen atoms in total. The summed E-state index contributed by atoms with van der Waals surface area (Å²) < 4.78 is 0. The molecule has 0 saturated carbocycles. The van der Waals surface area contributed by atoms with Gasteiger partial charge in [0, 0.05) is 37.8 Å². The molecule has 2 aromatic rings. The van der Waals surface area contributed by atoms with Crippen molar-refractivity contribution >= 4 is 5.91 Å². The van der Waals surface area contributed by atoms with Gasteiger partial charge >= 0.3 is 0 Å². The van der Waals surface area contributed by atoms with Crippen molar-refractivity contribution < 1.29 is 4.79 Å². The summed E-state index contributed by atoms with van der Waals surface area (Å²) in [4.78, 5) is 22.4. The van der Waals surface area contributed by atoms with Crippen molar-refractivity contribution in [1.82, 2.24) is 25.1 Å². The van der Waals surface area contributed by atoms with Crippen molar-refractivity contribution in [3.05, 3.63) is 29.8 Å². The van der Waals surface area contributed by atoms with Crippen LogP contribution in [0.4, 0.5) is 0 Å². The molecule has 1 unspecified atom stereocenters. The third kappa shape index (κ3) is 2.94. The summed E-state index contributed by atoms with van der Waals surface area (Å²) in [6, 6.07) is 1.95. The Hall–Kier alpha value is -2.24. The van der Waals surface area contributed by atoms with Gasteiger partial charge in [0.25, 0.3) is 0 Å². The zero-order valence-corrected chi connectivity index (χ0v) is 12.3. The van der Waals surface area contributed by atoms with Crippen LogP contribution in [0.5, 0.6) is 0 Å². The zero-order valence-electron chi connectivity index (χ0n) is 12.3. The van der Waals surface area contributed by atoms with Crippen LogP contribution < -0.4 is 0 Å². The van der Waals surface area contributed by atoms with Gasteiger partial charge in [-0.3, -0.25) is 19.9 Å². The Labute approximate surface area is 123 Å². The fourth-order valence-electron chi connectivity index (χ4n) is 2.73. The first-order valence-electron chi connectivity index (χ1n) is 7.23. The number of amides is 1. The Kier molecular flexibility index (Phi) is 3.68. The van der Waals surface area contributed by atoms with Gasteiger partial charge < -0.3 is 4.90 Å². The van der Waals surface area contributed by atoms with E-state index in [1.54, 1.807) is 13.1 Å². The number of hydrogen-bond acceptors (Lipinski definition) is 4. The topological polar surface area (TPSA) is 74.8 Å². The molecule has 1 aliphatic heterocycles. The van der Waals surface area contributed by atoms with Crippen molar-refractivity contribution in [2.45, 2.75) is 32.6 Å². The quantitative estimate of drug-likeness (QED) is 0.914. The fourth-order valence-corrected chi connectivity index (χ4v) is 2.73. The van der Waals surface area contributed by atoms with E-state index in [0.717, 1.165) is 48.7 Å². The molecule has 3 heterocycles. The molecule has 1 atom stereocenters. The average Bonchev–Trinajstić information content (AvgIpc) is 2.94. The second-order valence-electron chi connectivity index (χ2n) is 5.57. The molecule has 21 heavy (non-hydrogen) atoms. The van der Waals surface area contributed by atoms with E-state index in [1.165, 1.54) is 0 Å². The van der Waals surface area contributed by atoms with E-state index in [0.29, 0.717) is 0 Å². The lowest BCUT2D eigenvalue weighted by molar-refractivity contribution is -0.130. The summed E-state index contributed by atoms with van der Waals surface area (Å²) in [6.07, 6.45) is 5.65. The maximum atomic E-state index is 11.5. The van der Waals surface area contributed by atoms with E-state index < -0.39 is 0 Å². The van der Waals surface area contributed by atoms with Gasteiger partial charge in [-0.05, 0) is 25.8 Å². The standard InChI is InChI=1S/C15H19N5O/c1-10-6-13(19-18-10)15-8-16-14(7-17-15)12-4-3-5-20(9-12)11(2)21/h6-8,12H,3-5,9H2,1-2H3,(H,18,19). The maximum Gasteiger partial charge on any atom is 0.219 e. The Morgan fingerprint density at radius 1 is 1.33 bits per heavy atom. The molecule has 0 aromatic carbocycles. The lowest BCUT2D eigenvalue weighted by Crippen LogP contribution is -2.37. The van der Waals surface area contributed by atoms with E-state index >= 15 is 0 Å². The second-order valence-corrected chi connectivity index (χ2v) is 5.57. The highest BCUT2D eigenvalue weighted by Crippen LogP contribution is 2.26. The highest BCUT2D eigenvalue weighted by Gasteiger charge is 2.24. The number of carbonyl (C=O) groups is 1. The molecule has 1 N–H and O–H groups in total. The molecule has 0 spiro atoms. The van der Waals surface area contributed by atoms with Crippen LogP contribution in [-0.4, -0.2) is 44.1 Å². The fraction of sp³-hybridized carbons (Fsp3) is 0.467. The number of nitrogens with zero attached hydrogens (tertiary/aromatic N) is 4. The largest absolute Gasteiger partial charge is 0.342 e. The third-order valence-corrected chi connectivity index (χ3v) is 3.93. The van der Waals surface area contributed by atoms with Crippen LogP contribution >= 0.6 is 0 Å². The predicted octanol–water partition coefficient (Wildman–Crippen LogP) is 1.90. The minimum atomic E-state index is 0.135. The number of piperidine rings is 1. The van der Waals surface area contributed by atoms with Crippen LogP contribution in [0.3, 0.4) is 0 Å². The van der Waals surface area contributed by atoms with Crippen molar-refractivity contribution in [2.75, 3.05) is 13.1 Å². The van der Waals surface area contributed by atoms with Crippen LogP contribution in [0.15, 0.2) is 18.5 Å². The molecule has 0 aliphatic carbocycles. The van der Waals surface area contributed by atoms with Crippen LogP contribution in [0, 0.1) is 6.92 Å². The zero-order chi connectivity index (χ0) is 14.8. The van der Waals surface area contributed by atoms with E-state index in [4.69, 9.17) is 0 Å². The van der Waals surface area contributed by atoms with Crippen LogP contribution in [0.25, 0.3) is 11.4 Å². The Morgan fingerprint density at radius 3 is 2.81 bits per heavy atom. The van der Waals surface area contributed by atoms with E-state index in [1.807, 2.05) is 24.1 Å². The van der Waals surface area contributed by atoms with Gasteiger partial charge in [0.2, 0.25) is 5.91 Å². The normalized spacial score (nSPS) is 18.8. The number of rotatable bonds is 2. The number of carbonyl (C=O) groups excluding carboxylic acids is 1. The van der Waals surface area contributed by atoms with E-state index in [-0.39, 0.29) is 11.8 Å². The average molecular weight is 285 g/mol. The first kappa shape index (κ1) is 13.7. The Balaban J connectivity index is 1.76. The highest BCUT2D eigenvalue weighted by atomic mass is 16.2. The molecule has 110 valence electrons. The van der Waals surface area contributed by atoms with E-state index in [2.05, 4.69) is 20.2 Å². The van der Waals surface area contributed by atoms with Gasteiger partial charge in [-0.25, -0.2) is 0 Å². The molecule has 0 bridgehead atoms. The lowest BCUT2D eigenvalue weighted by Gasteiger charge is -2.31. The van der Waals surface area contributed by atoms with Crippen LogP contribution in [0.2, 0.25) is 0 Å². The molecule has 1 saturated heterocycles. The molecular formula is C15H19N5O. The molecule has 6 heteroatoms. The summed E-state index contributed by atoms with van der Waals surface area (Å²) in [7, 11) is 0. The summed E-state index contributed by atoms with van der Waals surface area (Å²) in [6.45, 7) is 5.17. The number of likely N-dealkylation sites (tertiary alicyclic amines) is 1. The number of aromatic nitrogens is 4. The molecule has 0 radical (unpaired) electrons. The summed E-state index contributed by atoms with van der Waals surface area (Å²) in [5.41, 5.74) is 3.53. The van der Waals surface area contributed by atoms with Crippen molar-refractivity contribution in [3.8, 4) is 11.4 Å². The maximum absolute atomic E-state index is 11.5. The summed E-state index contributed by atoms with van der Waals surface area (Å²) in [5.74, 6) is 0.418. The molecule has 1 fully saturated rings. The first-order chi connectivity index (χ1) is 10.1. The number of nitrogens with one attached hydrogen (secondary N) is 1. The van der Waals surface area contributed by atoms with Gasteiger partial charge in [-0.15, -0.1) is 0 Å². The molecule has 1 amide bonds. The monoisotopic (exact) mass is 285 g/mol. The second kappa shape index (κ2) is 5.63. The van der Waals surface area contributed by atoms with Gasteiger partial charge in [0.05, 0.1) is 11.9 Å². The van der Waals surface area contributed by atoms with Crippen molar-refractivity contribution in [2.24, 2.45) is 0 Å². The first-order valence-corrected chi connectivity index (χ1v) is 7.23. The molecule has 2 aromatic heterocycles. The summed E-state index contributed by atoms with van der Waals surface area (Å²) >= 11 is 0. The van der Waals surface area contributed by atoms with E-state index in [9.17, 15) is 4.79 Å². The minimum absolute atomic E-state index is 0.135. The molecular weight excluding hydrogens is 266 g/mol. The number of H-pyrrole nitrogens is 1. The van der Waals surface area contributed by atoms with Crippen LogP contribution in [-0.2, 0) is 4.79 Å². The smallest absolute Gasteiger partial charge is 0.219 e. The number of aryl methyl sites for hydroxylation is 1. The Morgan fingerprint density at radius 2 is 2.19 bits per heavy atom. The Bertz CT molecular complexity index is 634. The number of hydrogen-bond donors (Lipinski definition) is 1. The van der Waals surface area contributed by atoms with Gasteiger partial charge in [0.1, 0.15) is 11.4 Å². The van der Waals surface area contributed by atoms with Gasteiger partial charge in [-0.1, -0.05) is 0 Å². The summed E-state index contributed by atoms with van der Waals surface area (Å²) in [5, 5.41) is 7.08. The predicted molar refractivity (Wildman–Crippen MR) is 78.6 cm³/mol.